The number of benzene rings is 3. The highest BCUT2D eigenvalue weighted by molar-refractivity contribution is 6.09. The lowest BCUT2D eigenvalue weighted by molar-refractivity contribution is -0.384. The van der Waals surface area contributed by atoms with Crippen molar-refractivity contribution in [1.82, 2.24) is 0 Å². The summed E-state index contributed by atoms with van der Waals surface area (Å²) in [4.78, 5) is 22.9. The number of nitro benzene ring substituents is 1. The average Bonchev–Trinajstić information content (AvgIpc) is 2.69. The van der Waals surface area contributed by atoms with Crippen molar-refractivity contribution in [2.45, 2.75) is 0 Å². The van der Waals surface area contributed by atoms with E-state index in [9.17, 15) is 14.9 Å². The van der Waals surface area contributed by atoms with Crippen LogP contribution < -0.4 is 5.32 Å². The standard InChI is InChI=1S/C21H16N2O3/c24-21(17-11-13-19(14-12-17)23(25)26)15-20(16-7-3-1-4-8-16)22-18-9-5-2-6-10-18/h1-15,22H/b20-15+. The molecule has 1 N–H and O–H groups in total. The van der Waals surface area contributed by atoms with Crippen molar-refractivity contribution in [2.75, 3.05) is 5.32 Å². The van der Waals surface area contributed by atoms with E-state index in [4.69, 9.17) is 0 Å². The molecule has 26 heavy (non-hydrogen) atoms. The van der Waals surface area contributed by atoms with E-state index in [1.165, 1.54) is 30.3 Å². The molecule has 0 unspecified atom stereocenters. The van der Waals surface area contributed by atoms with Gasteiger partial charge in [0, 0.05) is 35.2 Å². The van der Waals surface area contributed by atoms with E-state index in [1.54, 1.807) is 0 Å². The first-order valence-corrected chi connectivity index (χ1v) is 8.01. The van der Waals surface area contributed by atoms with Crippen molar-refractivity contribution >= 4 is 22.9 Å². The molecule has 3 aromatic carbocycles. The fourth-order valence-corrected chi connectivity index (χ4v) is 2.45. The molecule has 0 aliphatic carbocycles. The maximum Gasteiger partial charge on any atom is 0.269 e. The Bertz CT molecular complexity index is 934. The van der Waals surface area contributed by atoms with E-state index >= 15 is 0 Å². The number of carbonyl (C=O) groups is 1. The van der Waals surface area contributed by atoms with E-state index in [0.29, 0.717) is 11.3 Å². The van der Waals surface area contributed by atoms with Gasteiger partial charge >= 0.3 is 0 Å². The van der Waals surface area contributed by atoms with Crippen molar-refractivity contribution in [3.8, 4) is 0 Å². The first-order chi connectivity index (χ1) is 12.6. The zero-order chi connectivity index (χ0) is 18.4. The molecule has 0 saturated heterocycles. The molecule has 5 nitrogen and oxygen atoms in total. The summed E-state index contributed by atoms with van der Waals surface area (Å²) in [5.74, 6) is -0.234. The van der Waals surface area contributed by atoms with Crippen LogP contribution in [0.2, 0.25) is 0 Å². The van der Waals surface area contributed by atoms with Crippen molar-refractivity contribution in [3.05, 3.63) is 112 Å². The maximum absolute atomic E-state index is 12.6. The third kappa shape index (κ3) is 4.21. The molecule has 0 aliphatic heterocycles. The van der Waals surface area contributed by atoms with Gasteiger partial charge in [-0.05, 0) is 29.8 Å². The molecule has 0 saturated carbocycles. The van der Waals surface area contributed by atoms with E-state index in [0.717, 1.165) is 11.3 Å². The van der Waals surface area contributed by atoms with Gasteiger partial charge in [0.05, 0.1) is 4.92 Å². The lowest BCUT2D eigenvalue weighted by atomic mass is 10.1. The van der Waals surface area contributed by atoms with Gasteiger partial charge < -0.3 is 5.32 Å². The number of nitrogens with one attached hydrogen (secondary N) is 1. The fraction of sp³-hybridized carbons (Fsp3) is 0. The van der Waals surface area contributed by atoms with Crippen LogP contribution in [0.25, 0.3) is 5.70 Å². The summed E-state index contributed by atoms with van der Waals surface area (Å²) < 4.78 is 0. The summed E-state index contributed by atoms with van der Waals surface area (Å²) in [6, 6.07) is 24.6. The van der Waals surface area contributed by atoms with Gasteiger partial charge in [0.25, 0.3) is 5.69 Å². The van der Waals surface area contributed by atoms with E-state index < -0.39 is 4.92 Å². The number of para-hydroxylation sites is 1. The Morgan fingerprint density at radius 3 is 1.96 bits per heavy atom. The van der Waals surface area contributed by atoms with Crippen LogP contribution in [-0.2, 0) is 0 Å². The smallest absolute Gasteiger partial charge is 0.269 e. The first kappa shape index (κ1) is 17.1. The molecule has 5 heteroatoms. The van der Waals surface area contributed by atoms with Crippen LogP contribution in [0.3, 0.4) is 0 Å². The number of ketones is 1. The van der Waals surface area contributed by atoms with Crippen LogP contribution >= 0.6 is 0 Å². The number of rotatable bonds is 6. The Morgan fingerprint density at radius 2 is 1.38 bits per heavy atom. The normalized spacial score (nSPS) is 11.0. The molecule has 0 bridgehead atoms. The fourth-order valence-electron chi connectivity index (χ4n) is 2.45. The van der Waals surface area contributed by atoms with Gasteiger partial charge in [0.15, 0.2) is 5.78 Å². The summed E-state index contributed by atoms with van der Waals surface area (Å²) in [6.45, 7) is 0. The molecule has 0 aromatic heterocycles. The van der Waals surface area contributed by atoms with Gasteiger partial charge in [-0.3, -0.25) is 14.9 Å². The van der Waals surface area contributed by atoms with Gasteiger partial charge in [-0.25, -0.2) is 0 Å². The quantitative estimate of drug-likeness (QED) is 0.298. The predicted molar refractivity (Wildman–Crippen MR) is 102 cm³/mol. The molecule has 3 rings (SSSR count). The van der Waals surface area contributed by atoms with E-state index in [1.807, 2.05) is 60.7 Å². The second-order valence-corrected chi connectivity index (χ2v) is 5.58. The van der Waals surface area contributed by atoms with Gasteiger partial charge in [0.1, 0.15) is 0 Å². The highest BCUT2D eigenvalue weighted by Crippen LogP contribution is 2.20. The number of nitro groups is 1. The monoisotopic (exact) mass is 344 g/mol. The Morgan fingerprint density at radius 1 is 0.808 bits per heavy atom. The largest absolute Gasteiger partial charge is 0.355 e. The zero-order valence-electron chi connectivity index (χ0n) is 13.8. The topological polar surface area (TPSA) is 72.2 Å². The highest BCUT2D eigenvalue weighted by Gasteiger charge is 2.10. The molecule has 0 fully saturated rings. The minimum absolute atomic E-state index is 0.0452. The summed E-state index contributed by atoms with van der Waals surface area (Å²) in [7, 11) is 0. The van der Waals surface area contributed by atoms with Crippen LogP contribution in [0.15, 0.2) is 91.0 Å². The number of carbonyl (C=O) groups excluding carboxylic acids is 1. The van der Waals surface area contributed by atoms with Crippen molar-refractivity contribution in [1.29, 1.82) is 0 Å². The molecule has 0 atom stereocenters. The maximum atomic E-state index is 12.6. The molecular formula is C21H16N2O3. The predicted octanol–water partition coefficient (Wildman–Crippen LogP) is 4.93. The van der Waals surface area contributed by atoms with Crippen molar-refractivity contribution in [3.63, 3.8) is 0 Å². The number of nitrogens with zero attached hydrogens (tertiary/aromatic N) is 1. The molecule has 3 aromatic rings. The van der Waals surface area contributed by atoms with Gasteiger partial charge in [-0.15, -0.1) is 0 Å². The average molecular weight is 344 g/mol. The van der Waals surface area contributed by atoms with Crippen LogP contribution in [0, 0.1) is 10.1 Å². The second-order valence-electron chi connectivity index (χ2n) is 5.58. The number of non-ortho nitro benzene ring substituents is 1. The Balaban J connectivity index is 1.92. The Hall–Kier alpha value is -3.73. The molecule has 0 aliphatic rings. The summed E-state index contributed by atoms with van der Waals surface area (Å²) in [6.07, 6.45) is 1.50. The van der Waals surface area contributed by atoms with Gasteiger partial charge in [0.2, 0.25) is 0 Å². The van der Waals surface area contributed by atoms with E-state index in [2.05, 4.69) is 5.32 Å². The molecule has 0 spiro atoms. The van der Waals surface area contributed by atoms with Crippen LogP contribution in [0.1, 0.15) is 15.9 Å². The summed E-state index contributed by atoms with van der Waals surface area (Å²) >= 11 is 0. The number of hydrogen-bond donors (Lipinski definition) is 1. The molecule has 0 heterocycles. The lowest BCUT2D eigenvalue weighted by Gasteiger charge is -2.11. The Kier molecular flexibility index (Phi) is 5.19. The molecule has 0 amide bonds. The Labute approximate surface area is 150 Å². The summed E-state index contributed by atoms with van der Waals surface area (Å²) in [5, 5.41) is 14.0. The minimum Gasteiger partial charge on any atom is -0.355 e. The van der Waals surface area contributed by atoms with Gasteiger partial charge in [-0.2, -0.15) is 0 Å². The second kappa shape index (κ2) is 7.90. The molecule has 0 radical (unpaired) electrons. The lowest BCUT2D eigenvalue weighted by Crippen LogP contribution is -2.03. The third-order valence-electron chi connectivity index (χ3n) is 3.78. The van der Waals surface area contributed by atoms with Crippen molar-refractivity contribution in [2.24, 2.45) is 0 Å². The first-order valence-electron chi connectivity index (χ1n) is 8.01. The minimum atomic E-state index is -0.490. The van der Waals surface area contributed by atoms with Crippen molar-refractivity contribution < 1.29 is 9.72 Å². The van der Waals surface area contributed by atoms with Crippen LogP contribution in [0.4, 0.5) is 11.4 Å². The third-order valence-corrected chi connectivity index (χ3v) is 3.78. The van der Waals surface area contributed by atoms with Crippen LogP contribution in [-0.4, -0.2) is 10.7 Å². The van der Waals surface area contributed by atoms with Crippen LogP contribution in [0.5, 0.6) is 0 Å². The highest BCUT2D eigenvalue weighted by atomic mass is 16.6. The number of allylic oxidation sites excluding steroid dienone is 1. The summed E-state index contributed by atoms with van der Waals surface area (Å²) in [5.41, 5.74) is 2.72. The molecular weight excluding hydrogens is 328 g/mol. The van der Waals surface area contributed by atoms with E-state index in [-0.39, 0.29) is 11.5 Å². The zero-order valence-corrected chi connectivity index (χ0v) is 13.8. The molecule has 128 valence electrons. The SMILES string of the molecule is O=C(/C=C(/Nc1ccccc1)c1ccccc1)c1ccc([N+](=O)[O-])cc1. The van der Waals surface area contributed by atoms with Gasteiger partial charge in [-0.1, -0.05) is 48.5 Å². The number of hydrogen-bond acceptors (Lipinski definition) is 4. The number of anilines is 1.